The Kier molecular flexibility index (Phi) is 6.45. The number of rotatable bonds is 8. The fourth-order valence-corrected chi connectivity index (χ4v) is 3.50. The van der Waals surface area contributed by atoms with Gasteiger partial charge < -0.3 is 10.1 Å². The summed E-state index contributed by atoms with van der Waals surface area (Å²) in [7, 11) is 0. The minimum Gasteiger partial charge on any atom is -0.463 e. The van der Waals surface area contributed by atoms with Crippen LogP contribution in [0.3, 0.4) is 0 Å². The Bertz CT molecular complexity index is 828. The number of benzene rings is 2. The summed E-state index contributed by atoms with van der Waals surface area (Å²) < 4.78 is 18.9. The molecule has 0 aromatic heterocycles. The third kappa shape index (κ3) is 4.77. The van der Waals surface area contributed by atoms with Crippen LogP contribution >= 0.6 is 0 Å². The molecule has 2 aromatic rings. The fraction of sp³-hybridized carbons (Fsp3) is 0.391. The summed E-state index contributed by atoms with van der Waals surface area (Å²) in [6, 6.07) is 14.3. The van der Waals surface area contributed by atoms with Crippen molar-refractivity contribution < 1.29 is 18.7 Å². The molecule has 2 aromatic carbocycles. The predicted octanol–water partition coefficient (Wildman–Crippen LogP) is 3.85. The molecule has 1 amide bonds. The average molecular weight is 383 g/mol. The van der Waals surface area contributed by atoms with Gasteiger partial charge in [-0.3, -0.25) is 9.59 Å². The highest BCUT2D eigenvalue weighted by atomic mass is 19.1. The van der Waals surface area contributed by atoms with E-state index in [1.54, 1.807) is 12.1 Å². The quantitative estimate of drug-likeness (QED) is 0.556. The van der Waals surface area contributed by atoms with E-state index in [1.807, 2.05) is 31.2 Å². The lowest BCUT2D eigenvalue weighted by molar-refractivity contribution is -0.154. The van der Waals surface area contributed by atoms with Crippen molar-refractivity contribution in [1.29, 1.82) is 0 Å². The molecule has 1 fully saturated rings. The topological polar surface area (TPSA) is 55.4 Å². The minimum absolute atomic E-state index is 0.0693. The molecule has 0 unspecified atom stereocenters. The molecule has 28 heavy (non-hydrogen) atoms. The molecular weight excluding hydrogens is 357 g/mol. The molecule has 0 aliphatic heterocycles. The first kappa shape index (κ1) is 20.1. The highest BCUT2D eigenvalue weighted by Gasteiger charge is 2.47. The third-order valence-corrected chi connectivity index (χ3v) is 5.39. The number of hydrogen-bond acceptors (Lipinski definition) is 3. The van der Waals surface area contributed by atoms with Gasteiger partial charge in [0.25, 0.3) is 0 Å². The van der Waals surface area contributed by atoms with E-state index in [0.29, 0.717) is 31.2 Å². The minimum atomic E-state index is -0.739. The molecule has 148 valence electrons. The number of halogens is 1. The molecule has 0 radical (unpaired) electrons. The van der Waals surface area contributed by atoms with Crippen molar-refractivity contribution in [1.82, 2.24) is 5.32 Å². The Morgan fingerprint density at radius 2 is 1.89 bits per heavy atom. The molecule has 1 saturated carbocycles. The first-order chi connectivity index (χ1) is 13.5. The Morgan fingerprint density at radius 3 is 2.54 bits per heavy atom. The summed E-state index contributed by atoms with van der Waals surface area (Å²) >= 11 is 0. The van der Waals surface area contributed by atoms with Crippen LogP contribution < -0.4 is 5.32 Å². The van der Waals surface area contributed by atoms with E-state index in [1.165, 1.54) is 17.7 Å². The Labute approximate surface area is 165 Å². The highest BCUT2D eigenvalue weighted by molar-refractivity contribution is 5.84. The van der Waals surface area contributed by atoms with Gasteiger partial charge in [-0.25, -0.2) is 4.39 Å². The van der Waals surface area contributed by atoms with Crippen LogP contribution in [0.25, 0.3) is 0 Å². The van der Waals surface area contributed by atoms with Crippen LogP contribution in [-0.4, -0.2) is 25.0 Å². The van der Waals surface area contributed by atoms with Crippen LogP contribution in [0.1, 0.15) is 42.4 Å². The molecule has 0 bridgehead atoms. The lowest BCUT2D eigenvalue weighted by Gasteiger charge is -2.39. The maximum absolute atomic E-state index is 13.5. The molecule has 0 saturated heterocycles. The van der Waals surface area contributed by atoms with Crippen LogP contribution in [0.4, 0.5) is 4.39 Å². The Hall–Kier alpha value is -2.69. The predicted molar refractivity (Wildman–Crippen MR) is 105 cm³/mol. The number of ether oxygens (including phenoxy) is 1. The van der Waals surface area contributed by atoms with Crippen molar-refractivity contribution >= 4 is 11.9 Å². The van der Waals surface area contributed by atoms with Crippen LogP contribution in [0.5, 0.6) is 0 Å². The molecule has 1 aliphatic carbocycles. The average Bonchev–Trinajstić information content (AvgIpc) is 2.64. The second-order valence-corrected chi connectivity index (χ2v) is 7.42. The summed E-state index contributed by atoms with van der Waals surface area (Å²) in [5.74, 6) is -0.754. The monoisotopic (exact) mass is 383 g/mol. The molecule has 1 aliphatic rings. The Balaban J connectivity index is 1.41. The van der Waals surface area contributed by atoms with E-state index < -0.39 is 5.41 Å². The normalized spacial score (nSPS) is 14.8. The van der Waals surface area contributed by atoms with Gasteiger partial charge in [-0.2, -0.15) is 0 Å². The van der Waals surface area contributed by atoms with Gasteiger partial charge in [-0.1, -0.05) is 48.4 Å². The molecule has 3 rings (SSSR count). The number of amides is 1. The summed E-state index contributed by atoms with van der Waals surface area (Å²) in [5, 5.41) is 2.78. The van der Waals surface area contributed by atoms with Crippen molar-refractivity contribution in [3.8, 4) is 0 Å². The molecule has 1 N–H and O–H groups in total. The fourth-order valence-electron chi connectivity index (χ4n) is 3.50. The second kappa shape index (κ2) is 9.00. The maximum Gasteiger partial charge on any atom is 0.316 e. The number of esters is 1. The SMILES string of the molecule is Cc1ccc(CCC(=O)NCCOC(=O)C2(c3cccc(F)c3)CCC2)cc1. The standard InChI is InChI=1S/C23H26FNO3/c1-17-6-8-18(9-7-17)10-11-21(26)25-14-15-28-22(27)23(12-3-13-23)19-4-2-5-20(24)16-19/h2,4-9,16H,3,10-15H2,1H3,(H,25,26). The van der Waals surface area contributed by atoms with Gasteiger partial charge in [0.15, 0.2) is 0 Å². The number of hydrogen-bond donors (Lipinski definition) is 1. The van der Waals surface area contributed by atoms with E-state index in [9.17, 15) is 14.0 Å². The van der Waals surface area contributed by atoms with Crippen molar-refractivity contribution in [3.05, 3.63) is 71.0 Å². The Morgan fingerprint density at radius 1 is 1.14 bits per heavy atom. The van der Waals surface area contributed by atoms with E-state index in [0.717, 1.165) is 12.0 Å². The number of carbonyl (C=O) groups is 2. The van der Waals surface area contributed by atoms with Crippen molar-refractivity contribution in [2.45, 2.75) is 44.4 Å². The smallest absolute Gasteiger partial charge is 0.316 e. The van der Waals surface area contributed by atoms with Crippen LogP contribution in [-0.2, 0) is 26.2 Å². The zero-order chi connectivity index (χ0) is 20.0. The van der Waals surface area contributed by atoms with Gasteiger partial charge >= 0.3 is 5.97 Å². The van der Waals surface area contributed by atoms with Gasteiger partial charge in [-0.05, 0) is 49.4 Å². The molecule has 0 heterocycles. The van der Waals surface area contributed by atoms with Gasteiger partial charge in [0, 0.05) is 6.42 Å². The zero-order valence-corrected chi connectivity index (χ0v) is 16.2. The van der Waals surface area contributed by atoms with Gasteiger partial charge in [0.1, 0.15) is 12.4 Å². The molecule has 0 spiro atoms. The van der Waals surface area contributed by atoms with Crippen molar-refractivity contribution in [2.75, 3.05) is 13.2 Å². The van der Waals surface area contributed by atoms with E-state index in [-0.39, 0.29) is 30.8 Å². The first-order valence-corrected chi connectivity index (χ1v) is 9.75. The summed E-state index contributed by atoms with van der Waals surface area (Å²) in [5.41, 5.74) is 2.25. The van der Waals surface area contributed by atoms with Crippen molar-refractivity contribution in [3.63, 3.8) is 0 Å². The highest BCUT2D eigenvalue weighted by Crippen LogP contribution is 2.44. The summed E-state index contributed by atoms with van der Waals surface area (Å²) in [4.78, 5) is 24.5. The zero-order valence-electron chi connectivity index (χ0n) is 16.2. The molecule has 4 nitrogen and oxygen atoms in total. The lowest BCUT2D eigenvalue weighted by atomic mass is 9.64. The van der Waals surface area contributed by atoms with Crippen LogP contribution in [0.2, 0.25) is 0 Å². The third-order valence-electron chi connectivity index (χ3n) is 5.39. The molecular formula is C23H26FNO3. The van der Waals surface area contributed by atoms with E-state index in [4.69, 9.17) is 4.74 Å². The lowest BCUT2D eigenvalue weighted by Crippen LogP contribution is -2.44. The van der Waals surface area contributed by atoms with Gasteiger partial charge in [-0.15, -0.1) is 0 Å². The van der Waals surface area contributed by atoms with Crippen molar-refractivity contribution in [2.24, 2.45) is 0 Å². The van der Waals surface area contributed by atoms with E-state index >= 15 is 0 Å². The molecule has 0 atom stereocenters. The summed E-state index contributed by atoms with van der Waals surface area (Å²) in [6.07, 6.45) is 3.32. The summed E-state index contributed by atoms with van der Waals surface area (Å²) in [6.45, 7) is 2.42. The largest absolute Gasteiger partial charge is 0.463 e. The number of carbonyl (C=O) groups excluding carboxylic acids is 2. The first-order valence-electron chi connectivity index (χ1n) is 9.75. The maximum atomic E-state index is 13.5. The van der Waals surface area contributed by atoms with Crippen LogP contribution in [0.15, 0.2) is 48.5 Å². The van der Waals surface area contributed by atoms with Crippen LogP contribution in [0, 0.1) is 12.7 Å². The molecule has 5 heteroatoms. The van der Waals surface area contributed by atoms with Gasteiger partial charge in [0.2, 0.25) is 5.91 Å². The second-order valence-electron chi connectivity index (χ2n) is 7.42. The van der Waals surface area contributed by atoms with E-state index in [2.05, 4.69) is 5.32 Å². The van der Waals surface area contributed by atoms with Gasteiger partial charge in [0.05, 0.1) is 12.0 Å². The number of aryl methyl sites for hydroxylation is 2. The number of nitrogens with one attached hydrogen (secondary N) is 1.